The molecule has 2 aromatic carbocycles. The van der Waals surface area contributed by atoms with Crippen LogP contribution >= 0.6 is 0 Å². The molecule has 0 saturated heterocycles. The second kappa shape index (κ2) is 6.03. The number of aliphatic hydroxyl groups excluding tert-OH is 1. The van der Waals surface area contributed by atoms with Gasteiger partial charge in [0, 0.05) is 11.9 Å². The number of aliphatic hydroxyl groups is 1. The lowest BCUT2D eigenvalue weighted by Gasteiger charge is -2.07. The molecule has 1 heterocycles. The number of aryl methyl sites for hydroxylation is 1. The van der Waals surface area contributed by atoms with Crippen molar-refractivity contribution in [2.24, 2.45) is 0 Å². The molecule has 22 heavy (non-hydrogen) atoms. The van der Waals surface area contributed by atoms with Crippen molar-refractivity contribution in [1.82, 2.24) is 5.32 Å². The highest BCUT2D eigenvalue weighted by molar-refractivity contribution is 5.96. The number of carbonyl (C=O) groups excluding carboxylic acids is 1. The van der Waals surface area contributed by atoms with E-state index in [0.717, 1.165) is 22.1 Å². The van der Waals surface area contributed by atoms with Gasteiger partial charge in [-0.2, -0.15) is 0 Å². The van der Waals surface area contributed by atoms with Crippen LogP contribution in [0, 0.1) is 6.92 Å². The van der Waals surface area contributed by atoms with Crippen molar-refractivity contribution < 1.29 is 14.3 Å². The van der Waals surface area contributed by atoms with Gasteiger partial charge in [0.2, 0.25) is 0 Å². The fourth-order valence-electron chi connectivity index (χ4n) is 2.42. The van der Waals surface area contributed by atoms with Crippen molar-refractivity contribution in [2.45, 2.75) is 20.1 Å². The highest BCUT2D eigenvalue weighted by Gasteiger charge is 2.12. The number of nitrogens with one attached hydrogen (secondary N) is 1. The third-order valence-corrected chi connectivity index (χ3v) is 3.62. The zero-order valence-electron chi connectivity index (χ0n) is 12.3. The number of benzene rings is 2. The van der Waals surface area contributed by atoms with Crippen LogP contribution in [0.2, 0.25) is 0 Å². The lowest BCUT2D eigenvalue weighted by atomic mass is 10.1. The molecule has 0 spiro atoms. The molecule has 2 N–H and O–H groups in total. The molecule has 0 saturated carbocycles. The number of furan rings is 1. The van der Waals surface area contributed by atoms with E-state index in [2.05, 4.69) is 5.32 Å². The van der Waals surface area contributed by atoms with Gasteiger partial charge < -0.3 is 14.8 Å². The Hall–Kier alpha value is -2.59. The Morgan fingerprint density at radius 3 is 2.68 bits per heavy atom. The molecule has 4 heteroatoms. The zero-order valence-corrected chi connectivity index (χ0v) is 12.3. The van der Waals surface area contributed by atoms with Crippen molar-refractivity contribution in [3.63, 3.8) is 0 Å². The number of hydrogen-bond donors (Lipinski definition) is 2. The lowest BCUT2D eigenvalue weighted by molar-refractivity contribution is 0.0925. The summed E-state index contributed by atoms with van der Waals surface area (Å²) in [5.74, 6) is 0.0312. The summed E-state index contributed by atoms with van der Waals surface area (Å²) in [6.45, 7) is 2.31. The number of amides is 1. The minimum absolute atomic E-state index is 0.0457. The Labute approximate surface area is 128 Å². The van der Waals surface area contributed by atoms with E-state index in [0.29, 0.717) is 17.9 Å². The van der Waals surface area contributed by atoms with E-state index in [1.54, 1.807) is 6.07 Å². The van der Waals surface area contributed by atoms with Gasteiger partial charge in [-0.25, -0.2) is 0 Å². The zero-order chi connectivity index (χ0) is 15.5. The van der Waals surface area contributed by atoms with E-state index in [1.807, 2.05) is 49.4 Å². The van der Waals surface area contributed by atoms with E-state index in [1.165, 1.54) is 0 Å². The Morgan fingerprint density at radius 2 is 1.91 bits per heavy atom. The Balaban J connectivity index is 1.76. The van der Waals surface area contributed by atoms with Gasteiger partial charge in [0.1, 0.15) is 5.58 Å². The van der Waals surface area contributed by atoms with Crippen molar-refractivity contribution in [3.8, 4) is 0 Å². The molecule has 3 aromatic rings. The largest absolute Gasteiger partial charge is 0.451 e. The predicted molar refractivity (Wildman–Crippen MR) is 84.5 cm³/mol. The van der Waals surface area contributed by atoms with Crippen molar-refractivity contribution in [1.29, 1.82) is 0 Å². The van der Waals surface area contributed by atoms with E-state index in [-0.39, 0.29) is 12.5 Å². The van der Waals surface area contributed by atoms with Crippen molar-refractivity contribution in [3.05, 3.63) is 71.0 Å². The van der Waals surface area contributed by atoms with Gasteiger partial charge in [-0.3, -0.25) is 4.79 Å². The molecule has 4 nitrogen and oxygen atoms in total. The second-order valence-corrected chi connectivity index (χ2v) is 5.26. The van der Waals surface area contributed by atoms with Crippen LogP contribution in [0.3, 0.4) is 0 Å². The van der Waals surface area contributed by atoms with Crippen LogP contribution < -0.4 is 5.32 Å². The third kappa shape index (κ3) is 2.87. The first-order valence-corrected chi connectivity index (χ1v) is 7.13. The molecule has 0 unspecified atom stereocenters. The maximum atomic E-state index is 12.2. The van der Waals surface area contributed by atoms with Gasteiger partial charge in [0.25, 0.3) is 5.91 Å². The number of rotatable bonds is 4. The smallest absolute Gasteiger partial charge is 0.287 e. The molecule has 112 valence electrons. The Kier molecular flexibility index (Phi) is 3.94. The van der Waals surface area contributed by atoms with Crippen LogP contribution in [-0.2, 0) is 13.2 Å². The summed E-state index contributed by atoms with van der Waals surface area (Å²) in [6.07, 6.45) is 0. The predicted octanol–water partition coefficient (Wildman–Crippen LogP) is 3.16. The van der Waals surface area contributed by atoms with Crippen LogP contribution in [0.25, 0.3) is 11.0 Å². The first-order chi connectivity index (χ1) is 10.7. The van der Waals surface area contributed by atoms with Crippen LogP contribution in [0.1, 0.15) is 27.2 Å². The first kappa shape index (κ1) is 14.4. The SMILES string of the molecule is Cc1ccc2oc(C(=O)NCc3ccccc3CO)cc2c1. The highest BCUT2D eigenvalue weighted by Crippen LogP contribution is 2.20. The summed E-state index contributed by atoms with van der Waals surface area (Å²) in [6, 6.07) is 15.0. The topological polar surface area (TPSA) is 62.5 Å². The van der Waals surface area contributed by atoms with Gasteiger partial charge in [-0.05, 0) is 36.2 Å². The van der Waals surface area contributed by atoms with Gasteiger partial charge in [0.05, 0.1) is 6.61 Å². The average molecular weight is 295 g/mol. The van der Waals surface area contributed by atoms with E-state index in [9.17, 15) is 9.90 Å². The van der Waals surface area contributed by atoms with Crippen LogP contribution in [0.5, 0.6) is 0 Å². The number of carbonyl (C=O) groups is 1. The van der Waals surface area contributed by atoms with Crippen molar-refractivity contribution in [2.75, 3.05) is 0 Å². The maximum absolute atomic E-state index is 12.2. The average Bonchev–Trinajstić information content (AvgIpc) is 2.96. The molecule has 0 radical (unpaired) electrons. The first-order valence-electron chi connectivity index (χ1n) is 7.13. The molecule has 0 fully saturated rings. The van der Waals surface area contributed by atoms with Crippen molar-refractivity contribution >= 4 is 16.9 Å². The molecule has 1 aromatic heterocycles. The molecule has 0 aliphatic rings. The van der Waals surface area contributed by atoms with E-state index in [4.69, 9.17) is 4.42 Å². The van der Waals surface area contributed by atoms with Crippen LogP contribution in [-0.4, -0.2) is 11.0 Å². The minimum Gasteiger partial charge on any atom is -0.451 e. The molecule has 0 aliphatic carbocycles. The molecular formula is C18H17NO3. The molecule has 0 aliphatic heterocycles. The van der Waals surface area contributed by atoms with Gasteiger partial charge >= 0.3 is 0 Å². The summed E-state index contributed by atoms with van der Waals surface area (Å²) in [5, 5.41) is 13.0. The summed E-state index contributed by atoms with van der Waals surface area (Å²) >= 11 is 0. The number of hydrogen-bond acceptors (Lipinski definition) is 3. The van der Waals surface area contributed by atoms with Crippen LogP contribution in [0.4, 0.5) is 0 Å². The second-order valence-electron chi connectivity index (χ2n) is 5.26. The van der Waals surface area contributed by atoms with E-state index >= 15 is 0 Å². The Bertz CT molecular complexity index is 820. The molecule has 1 amide bonds. The fourth-order valence-corrected chi connectivity index (χ4v) is 2.42. The van der Waals surface area contributed by atoms with E-state index < -0.39 is 0 Å². The Morgan fingerprint density at radius 1 is 1.14 bits per heavy atom. The molecular weight excluding hydrogens is 278 g/mol. The standard InChI is InChI=1S/C18H17NO3/c1-12-6-7-16-15(8-12)9-17(22-16)18(21)19-10-13-4-2-3-5-14(13)11-20/h2-9,20H,10-11H2,1H3,(H,19,21). The molecule has 0 atom stereocenters. The van der Waals surface area contributed by atoms with Crippen LogP contribution in [0.15, 0.2) is 52.9 Å². The third-order valence-electron chi connectivity index (χ3n) is 3.62. The monoisotopic (exact) mass is 295 g/mol. The quantitative estimate of drug-likeness (QED) is 0.777. The minimum atomic E-state index is -0.262. The molecule has 3 rings (SSSR count). The fraction of sp³-hybridized carbons (Fsp3) is 0.167. The lowest BCUT2D eigenvalue weighted by Crippen LogP contribution is -2.22. The number of fused-ring (bicyclic) bond motifs is 1. The van der Waals surface area contributed by atoms with Gasteiger partial charge in [-0.1, -0.05) is 35.9 Å². The summed E-state index contributed by atoms with van der Waals surface area (Å²) in [7, 11) is 0. The molecule has 0 bridgehead atoms. The van der Waals surface area contributed by atoms with Gasteiger partial charge in [0.15, 0.2) is 5.76 Å². The summed E-state index contributed by atoms with van der Waals surface area (Å²) < 4.78 is 5.57. The van der Waals surface area contributed by atoms with Gasteiger partial charge in [-0.15, -0.1) is 0 Å². The maximum Gasteiger partial charge on any atom is 0.287 e. The normalized spacial score (nSPS) is 10.8. The highest BCUT2D eigenvalue weighted by atomic mass is 16.3. The summed E-state index contributed by atoms with van der Waals surface area (Å²) in [5.41, 5.74) is 3.52. The summed E-state index contributed by atoms with van der Waals surface area (Å²) in [4.78, 5) is 12.2.